The molecule has 0 heterocycles. The van der Waals surface area contributed by atoms with Crippen molar-refractivity contribution in [3.05, 3.63) is 29.8 Å². The Labute approximate surface area is 147 Å². The van der Waals surface area contributed by atoms with Crippen LogP contribution in [0.15, 0.2) is 24.3 Å². The molecule has 0 atom stereocenters. The molecule has 1 aliphatic rings. The average Bonchev–Trinajstić information content (AvgIpc) is 3.35. The van der Waals surface area contributed by atoms with E-state index in [1.807, 2.05) is 0 Å². The van der Waals surface area contributed by atoms with Crippen LogP contribution in [0.25, 0.3) is 0 Å². The second-order valence-electron chi connectivity index (χ2n) is 5.74. The van der Waals surface area contributed by atoms with Crippen LogP contribution in [0.2, 0.25) is 0 Å². The van der Waals surface area contributed by atoms with Gasteiger partial charge in [-0.25, -0.2) is 4.79 Å². The Morgan fingerprint density at radius 3 is 2.35 bits per heavy atom. The minimum Gasteiger partial charge on any atom is -0.452 e. The Bertz CT molecular complexity index is 671. The van der Waals surface area contributed by atoms with Crippen LogP contribution >= 0.6 is 0 Å². The number of ether oxygens (including phenoxy) is 2. The minimum atomic E-state index is -4.83. The highest BCUT2D eigenvalue weighted by atomic mass is 19.4. The van der Waals surface area contributed by atoms with E-state index in [0.717, 1.165) is 42.0 Å². The summed E-state index contributed by atoms with van der Waals surface area (Å²) in [5, 5.41) is 2.72. The molecular formula is C16H17F3N2O5. The van der Waals surface area contributed by atoms with Crippen LogP contribution < -0.4 is 10.1 Å². The largest absolute Gasteiger partial charge is 0.573 e. The van der Waals surface area contributed by atoms with Crippen LogP contribution in [0.1, 0.15) is 23.2 Å². The molecule has 2 amide bonds. The maximum atomic E-state index is 12.1. The van der Waals surface area contributed by atoms with Gasteiger partial charge in [-0.2, -0.15) is 0 Å². The van der Waals surface area contributed by atoms with Crippen molar-refractivity contribution in [1.82, 2.24) is 10.2 Å². The zero-order valence-corrected chi connectivity index (χ0v) is 13.8. The van der Waals surface area contributed by atoms with E-state index in [-0.39, 0.29) is 24.1 Å². The number of hydrogen-bond acceptors (Lipinski definition) is 5. The van der Waals surface area contributed by atoms with Gasteiger partial charge in [0.2, 0.25) is 5.91 Å². The van der Waals surface area contributed by atoms with Crippen molar-refractivity contribution in [2.45, 2.75) is 25.2 Å². The monoisotopic (exact) mass is 374 g/mol. The highest BCUT2D eigenvalue weighted by Gasteiger charge is 2.31. The van der Waals surface area contributed by atoms with E-state index < -0.39 is 30.6 Å². The molecule has 1 saturated carbocycles. The Morgan fingerprint density at radius 1 is 1.19 bits per heavy atom. The summed E-state index contributed by atoms with van der Waals surface area (Å²) in [6.07, 6.45) is -2.98. The number of nitrogens with zero attached hydrogens (tertiary/aromatic N) is 1. The quantitative estimate of drug-likeness (QED) is 0.731. The SMILES string of the molecule is CN(CC(=O)NC1CC1)C(=O)COC(=O)c1ccc(OC(F)(F)F)cc1. The first-order chi connectivity index (χ1) is 12.1. The highest BCUT2D eigenvalue weighted by molar-refractivity contribution is 5.92. The maximum absolute atomic E-state index is 12.1. The van der Waals surface area contributed by atoms with E-state index in [2.05, 4.69) is 10.1 Å². The van der Waals surface area contributed by atoms with Crippen LogP contribution in [-0.4, -0.2) is 55.3 Å². The molecule has 1 aromatic carbocycles. The predicted molar refractivity (Wildman–Crippen MR) is 82.2 cm³/mol. The highest BCUT2D eigenvalue weighted by Crippen LogP contribution is 2.23. The molecule has 1 fully saturated rings. The van der Waals surface area contributed by atoms with Crippen molar-refractivity contribution < 1.29 is 37.0 Å². The van der Waals surface area contributed by atoms with Crippen LogP contribution in [0.4, 0.5) is 13.2 Å². The normalized spacial score (nSPS) is 13.7. The Hall–Kier alpha value is -2.78. The molecule has 0 radical (unpaired) electrons. The second kappa shape index (κ2) is 8.07. The van der Waals surface area contributed by atoms with Crippen molar-refractivity contribution in [3.8, 4) is 5.75 Å². The van der Waals surface area contributed by atoms with Crippen LogP contribution in [0, 0.1) is 0 Å². The standard InChI is InChI=1S/C16H17F3N2O5/c1-21(8-13(22)20-11-4-5-11)14(23)9-25-15(24)10-2-6-12(7-3-10)26-16(17,18)19/h2-3,6-7,11H,4-5,8-9H2,1H3,(H,20,22). The van der Waals surface area contributed by atoms with Gasteiger partial charge in [-0.15, -0.1) is 13.2 Å². The lowest BCUT2D eigenvalue weighted by molar-refractivity contribution is -0.274. The summed E-state index contributed by atoms with van der Waals surface area (Å²) in [7, 11) is 1.39. The number of likely N-dealkylation sites (N-methyl/N-ethyl adjacent to an activating group) is 1. The zero-order valence-electron chi connectivity index (χ0n) is 13.8. The topological polar surface area (TPSA) is 84.9 Å². The lowest BCUT2D eigenvalue weighted by atomic mass is 10.2. The van der Waals surface area contributed by atoms with Crippen molar-refractivity contribution in [2.24, 2.45) is 0 Å². The number of esters is 1. The molecule has 0 aromatic heterocycles. The number of rotatable bonds is 7. The summed E-state index contributed by atoms with van der Waals surface area (Å²) in [4.78, 5) is 36.4. The molecule has 1 aromatic rings. The summed E-state index contributed by atoms with van der Waals surface area (Å²) in [6.45, 7) is -0.747. The third kappa shape index (κ3) is 6.61. The number of halogens is 3. The fraction of sp³-hybridized carbons (Fsp3) is 0.438. The van der Waals surface area contributed by atoms with Gasteiger partial charge in [0, 0.05) is 13.1 Å². The Balaban J connectivity index is 1.77. The van der Waals surface area contributed by atoms with Gasteiger partial charge >= 0.3 is 12.3 Å². The lowest BCUT2D eigenvalue weighted by Gasteiger charge is -2.16. The van der Waals surface area contributed by atoms with Crippen molar-refractivity contribution in [1.29, 1.82) is 0 Å². The fourth-order valence-electron chi connectivity index (χ4n) is 1.92. The summed E-state index contributed by atoms with van der Waals surface area (Å²) in [5.41, 5.74) is -0.0403. The van der Waals surface area contributed by atoms with E-state index in [4.69, 9.17) is 4.74 Å². The molecule has 0 aliphatic heterocycles. The molecule has 7 nitrogen and oxygen atoms in total. The molecule has 0 saturated heterocycles. The first kappa shape index (κ1) is 19.5. The predicted octanol–water partition coefficient (Wildman–Crippen LogP) is 1.48. The molecule has 2 rings (SSSR count). The summed E-state index contributed by atoms with van der Waals surface area (Å²) in [5.74, 6) is -2.24. The summed E-state index contributed by atoms with van der Waals surface area (Å²) in [6, 6.07) is 4.26. The van der Waals surface area contributed by atoms with Crippen LogP contribution in [0.3, 0.4) is 0 Å². The maximum Gasteiger partial charge on any atom is 0.573 e. The van der Waals surface area contributed by atoms with Crippen molar-refractivity contribution in [3.63, 3.8) is 0 Å². The van der Waals surface area contributed by atoms with Gasteiger partial charge in [-0.1, -0.05) is 0 Å². The van der Waals surface area contributed by atoms with Gasteiger partial charge in [0.25, 0.3) is 5.91 Å². The van der Waals surface area contributed by atoms with Gasteiger partial charge in [0.1, 0.15) is 5.75 Å². The van der Waals surface area contributed by atoms with Gasteiger partial charge in [0.05, 0.1) is 12.1 Å². The van der Waals surface area contributed by atoms with Crippen molar-refractivity contribution >= 4 is 17.8 Å². The number of carbonyl (C=O) groups is 3. The Morgan fingerprint density at radius 2 is 1.81 bits per heavy atom. The van der Waals surface area contributed by atoms with Crippen LogP contribution in [0.5, 0.6) is 5.75 Å². The van der Waals surface area contributed by atoms with E-state index in [9.17, 15) is 27.6 Å². The van der Waals surface area contributed by atoms with E-state index in [1.165, 1.54) is 7.05 Å². The van der Waals surface area contributed by atoms with Crippen LogP contribution in [-0.2, 0) is 14.3 Å². The molecule has 1 N–H and O–H groups in total. The molecule has 0 spiro atoms. The number of alkyl halides is 3. The van der Waals surface area contributed by atoms with Gasteiger partial charge < -0.3 is 19.7 Å². The number of nitrogens with one attached hydrogen (secondary N) is 1. The number of hydrogen-bond donors (Lipinski definition) is 1. The molecule has 142 valence electrons. The number of benzene rings is 1. The molecule has 26 heavy (non-hydrogen) atoms. The molecule has 10 heteroatoms. The van der Waals surface area contributed by atoms with Crippen molar-refractivity contribution in [2.75, 3.05) is 20.2 Å². The fourth-order valence-corrected chi connectivity index (χ4v) is 1.92. The zero-order chi connectivity index (χ0) is 19.3. The third-order valence-corrected chi connectivity index (χ3v) is 3.40. The third-order valence-electron chi connectivity index (χ3n) is 3.40. The second-order valence-corrected chi connectivity index (χ2v) is 5.74. The molecule has 0 unspecified atom stereocenters. The lowest BCUT2D eigenvalue weighted by Crippen LogP contribution is -2.40. The first-order valence-corrected chi connectivity index (χ1v) is 7.70. The van der Waals surface area contributed by atoms with E-state index >= 15 is 0 Å². The number of amides is 2. The Kier molecular flexibility index (Phi) is 6.06. The van der Waals surface area contributed by atoms with E-state index in [1.54, 1.807) is 0 Å². The van der Waals surface area contributed by atoms with Gasteiger partial charge in [0.15, 0.2) is 6.61 Å². The molecular weight excluding hydrogens is 357 g/mol. The van der Waals surface area contributed by atoms with E-state index in [0.29, 0.717) is 0 Å². The number of carbonyl (C=O) groups excluding carboxylic acids is 3. The molecule has 1 aliphatic carbocycles. The smallest absolute Gasteiger partial charge is 0.452 e. The average molecular weight is 374 g/mol. The first-order valence-electron chi connectivity index (χ1n) is 7.70. The summed E-state index contributed by atoms with van der Waals surface area (Å²) < 4.78 is 44.7. The minimum absolute atomic E-state index is 0.0403. The molecule has 0 bridgehead atoms. The van der Waals surface area contributed by atoms with Gasteiger partial charge in [-0.05, 0) is 37.1 Å². The summed E-state index contributed by atoms with van der Waals surface area (Å²) >= 11 is 0. The van der Waals surface area contributed by atoms with Gasteiger partial charge in [-0.3, -0.25) is 9.59 Å².